The average molecular weight is 694 g/mol. The van der Waals surface area contributed by atoms with Gasteiger partial charge in [0.05, 0.1) is 22.1 Å². The van der Waals surface area contributed by atoms with Crippen LogP contribution in [0.4, 0.5) is 0 Å². The molecule has 0 fully saturated rings. The van der Waals surface area contributed by atoms with Gasteiger partial charge in [-0.15, -0.1) is 11.3 Å². The number of para-hydroxylation sites is 3. The normalized spacial score (nSPS) is 12.2. The van der Waals surface area contributed by atoms with Crippen LogP contribution in [0.25, 0.3) is 108 Å². The van der Waals surface area contributed by atoms with Gasteiger partial charge in [0, 0.05) is 81.9 Å². The highest BCUT2D eigenvalue weighted by molar-refractivity contribution is 7.25. The summed E-state index contributed by atoms with van der Waals surface area (Å²) in [4.78, 5) is 0. The molecular formula is C49H31N3S. The Bertz CT molecular complexity index is 3480. The zero-order valence-corrected chi connectivity index (χ0v) is 29.7. The largest absolute Gasteiger partial charge is 0.344 e. The maximum Gasteiger partial charge on any atom is 0.0541 e. The SMILES string of the molecule is Cn1c2ccccc2c2cc(-n3c4ccccc4c4cc(-c5ccc6c(c5)c5ccccc5n6-c5ccc6sc7ccccc7c6c5)ccc43)ccc21. The zero-order valence-electron chi connectivity index (χ0n) is 28.9. The van der Waals surface area contributed by atoms with Gasteiger partial charge in [-0.3, -0.25) is 0 Å². The Hall–Kier alpha value is -6.62. The molecule has 3 nitrogen and oxygen atoms in total. The summed E-state index contributed by atoms with van der Waals surface area (Å²) in [5.41, 5.74) is 12.2. The zero-order chi connectivity index (χ0) is 34.8. The lowest BCUT2D eigenvalue weighted by Crippen LogP contribution is -1.94. The molecule has 8 aromatic carbocycles. The molecule has 0 aliphatic heterocycles. The number of thiophene rings is 1. The fourth-order valence-electron chi connectivity index (χ4n) is 9.01. The lowest BCUT2D eigenvalue weighted by molar-refractivity contribution is 1.01. The third-order valence-electron chi connectivity index (χ3n) is 11.5. The van der Waals surface area contributed by atoms with Crippen molar-refractivity contribution in [2.45, 2.75) is 0 Å². The van der Waals surface area contributed by atoms with Crippen molar-refractivity contribution < 1.29 is 0 Å². The van der Waals surface area contributed by atoms with Crippen LogP contribution in [0.2, 0.25) is 0 Å². The topological polar surface area (TPSA) is 14.8 Å². The second-order valence-corrected chi connectivity index (χ2v) is 15.3. The standard InChI is InChI=1S/C49H31N3S/c1-50-42-14-6-2-10-34(42)40-28-32(20-24-43(40)50)51-44-15-7-3-11-35(44)38-26-30(18-22-46(38)51)31-19-23-47-39(27-31)36-12-4-8-16-45(36)52(47)33-21-25-49-41(29-33)37-13-5-9-17-48(37)53-49/h2-29H,1H3. The van der Waals surface area contributed by atoms with Gasteiger partial charge in [0.2, 0.25) is 0 Å². The molecule has 53 heavy (non-hydrogen) atoms. The number of hydrogen-bond acceptors (Lipinski definition) is 1. The van der Waals surface area contributed by atoms with Crippen LogP contribution in [0.3, 0.4) is 0 Å². The molecule has 248 valence electrons. The van der Waals surface area contributed by atoms with Crippen LogP contribution in [0, 0.1) is 0 Å². The third-order valence-corrected chi connectivity index (χ3v) is 12.6. The van der Waals surface area contributed by atoms with Crippen LogP contribution in [0.15, 0.2) is 170 Å². The molecule has 0 saturated carbocycles. The van der Waals surface area contributed by atoms with Crippen molar-refractivity contribution in [3.8, 4) is 22.5 Å². The molecule has 12 aromatic rings. The van der Waals surface area contributed by atoms with Gasteiger partial charge in [-0.2, -0.15) is 0 Å². The highest BCUT2D eigenvalue weighted by Crippen LogP contribution is 2.41. The minimum Gasteiger partial charge on any atom is -0.344 e. The molecular weight excluding hydrogens is 663 g/mol. The fraction of sp³-hybridized carbons (Fsp3) is 0.0204. The predicted molar refractivity (Wildman–Crippen MR) is 227 cm³/mol. The Morgan fingerprint density at radius 1 is 0.321 bits per heavy atom. The molecule has 0 atom stereocenters. The molecule has 4 heteroatoms. The van der Waals surface area contributed by atoms with E-state index in [1.807, 2.05) is 11.3 Å². The first-order valence-electron chi connectivity index (χ1n) is 18.2. The summed E-state index contributed by atoms with van der Waals surface area (Å²) < 4.78 is 9.82. The van der Waals surface area contributed by atoms with E-state index in [1.165, 1.54) is 108 Å². The van der Waals surface area contributed by atoms with Crippen LogP contribution in [-0.2, 0) is 7.05 Å². The number of benzene rings is 8. The van der Waals surface area contributed by atoms with Crippen molar-refractivity contribution in [3.63, 3.8) is 0 Å². The Morgan fingerprint density at radius 3 is 1.38 bits per heavy atom. The average Bonchev–Trinajstić information content (AvgIpc) is 3.94. The monoisotopic (exact) mass is 693 g/mol. The van der Waals surface area contributed by atoms with Gasteiger partial charge in [0.15, 0.2) is 0 Å². The van der Waals surface area contributed by atoms with Crippen molar-refractivity contribution in [3.05, 3.63) is 170 Å². The maximum atomic E-state index is 2.43. The summed E-state index contributed by atoms with van der Waals surface area (Å²) >= 11 is 1.87. The Kier molecular flexibility index (Phi) is 5.86. The maximum absolute atomic E-state index is 2.43. The second-order valence-electron chi connectivity index (χ2n) is 14.2. The number of nitrogens with zero attached hydrogens (tertiary/aromatic N) is 3. The number of aryl methyl sites for hydroxylation is 1. The van der Waals surface area contributed by atoms with Crippen molar-refractivity contribution in [1.29, 1.82) is 0 Å². The smallest absolute Gasteiger partial charge is 0.0541 e. The van der Waals surface area contributed by atoms with Gasteiger partial charge < -0.3 is 13.7 Å². The van der Waals surface area contributed by atoms with E-state index in [4.69, 9.17) is 0 Å². The van der Waals surface area contributed by atoms with Crippen LogP contribution in [0.5, 0.6) is 0 Å². The van der Waals surface area contributed by atoms with E-state index in [0.717, 1.165) is 0 Å². The molecule has 0 bridgehead atoms. The summed E-state index contributed by atoms with van der Waals surface area (Å²) in [5, 5.41) is 10.2. The van der Waals surface area contributed by atoms with E-state index < -0.39 is 0 Å². The van der Waals surface area contributed by atoms with Gasteiger partial charge in [0.25, 0.3) is 0 Å². The highest BCUT2D eigenvalue weighted by Gasteiger charge is 2.18. The quantitative estimate of drug-likeness (QED) is 0.175. The molecule has 0 saturated heterocycles. The first-order valence-corrected chi connectivity index (χ1v) is 19.0. The van der Waals surface area contributed by atoms with E-state index in [0.29, 0.717) is 0 Å². The van der Waals surface area contributed by atoms with E-state index in [2.05, 4.69) is 191 Å². The summed E-state index contributed by atoms with van der Waals surface area (Å²) in [5.74, 6) is 0. The van der Waals surface area contributed by atoms with Crippen molar-refractivity contribution in [2.75, 3.05) is 0 Å². The Labute approximate surface area is 308 Å². The molecule has 0 aliphatic rings. The molecule has 4 heterocycles. The van der Waals surface area contributed by atoms with E-state index in [1.54, 1.807) is 0 Å². The Balaban J connectivity index is 1.03. The van der Waals surface area contributed by atoms with Gasteiger partial charge in [-0.25, -0.2) is 0 Å². The van der Waals surface area contributed by atoms with E-state index >= 15 is 0 Å². The number of aromatic nitrogens is 3. The summed E-state index contributed by atoms with van der Waals surface area (Å²) in [6, 6.07) is 62.9. The fourth-order valence-corrected chi connectivity index (χ4v) is 10.1. The Morgan fingerprint density at radius 2 is 0.736 bits per heavy atom. The highest BCUT2D eigenvalue weighted by atomic mass is 32.1. The van der Waals surface area contributed by atoms with E-state index in [-0.39, 0.29) is 0 Å². The lowest BCUT2D eigenvalue weighted by atomic mass is 10.0. The molecule has 12 rings (SSSR count). The molecule has 0 aliphatic carbocycles. The van der Waals surface area contributed by atoms with Crippen LogP contribution >= 0.6 is 11.3 Å². The number of rotatable bonds is 3. The molecule has 0 radical (unpaired) electrons. The number of hydrogen-bond donors (Lipinski definition) is 0. The minimum absolute atomic E-state index is 1.18. The van der Waals surface area contributed by atoms with Gasteiger partial charge >= 0.3 is 0 Å². The number of fused-ring (bicyclic) bond motifs is 12. The van der Waals surface area contributed by atoms with Crippen LogP contribution in [0.1, 0.15) is 0 Å². The molecule has 0 amide bonds. The van der Waals surface area contributed by atoms with Gasteiger partial charge in [-0.1, -0.05) is 84.9 Å². The molecule has 4 aromatic heterocycles. The van der Waals surface area contributed by atoms with Crippen molar-refractivity contribution >= 4 is 96.9 Å². The predicted octanol–water partition coefficient (Wildman–Crippen LogP) is 13.6. The van der Waals surface area contributed by atoms with Crippen molar-refractivity contribution in [1.82, 2.24) is 13.7 Å². The first-order chi connectivity index (χ1) is 26.2. The summed E-state index contributed by atoms with van der Waals surface area (Å²) in [6.45, 7) is 0. The molecule has 0 unspecified atom stereocenters. The summed E-state index contributed by atoms with van der Waals surface area (Å²) in [7, 11) is 2.16. The van der Waals surface area contributed by atoms with Crippen LogP contribution in [-0.4, -0.2) is 13.7 Å². The minimum atomic E-state index is 1.18. The van der Waals surface area contributed by atoms with Gasteiger partial charge in [-0.05, 0) is 96.1 Å². The van der Waals surface area contributed by atoms with E-state index in [9.17, 15) is 0 Å². The summed E-state index contributed by atoms with van der Waals surface area (Å²) in [6.07, 6.45) is 0. The molecule has 0 spiro atoms. The van der Waals surface area contributed by atoms with Crippen LogP contribution < -0.4 is 0 Å². The van der Waals surface area contributed by atoms with Crippen molar-refractivity contribution in [2.24, 2.45) is 7.05 Å². The first kappa shape index (κ1) is 29.0. The second kappa shape index (κ2) is 10.7. The lowest BCUT2D eigenvalue weighted by Gasteiger charge is -2.10. The third kappa shape index (κ3) is 4.04. The molecule has 0 N–H and O–H groups in total. The van der Waals surface area contributed by atoms with Gasteiger partial charge in [0.1, 0.15) is 0 Å².